The van der Waals surface area contributed by atoms with E-state index in [0.717, 1.165) is 18.5 Å². The zero-order chi connectivity index (χ0) is 15.3. The molecule has 0 aliphatic heterocycles. The molecule has 0 amide bonds. The lowest BCUT2D eigenvalue weighted by molar-refractivity contribution is 0.368. The summed E-state index contributed by atoms with van der Waals surface area (Å²) in [7, 11) is -3.95. The third-order valence-electron chi connectivity index (χ3n) is 2.38. The average molecular weight is 307 g/mol. The van der Waals surface area contributed by atoms with Crippen molar-refractivity contribution in [2.45, 2.75) is 4.90 Å². The molecule has 1 heterocycles. The van der Waals surface area contributed by atoms with Crippen molar-refractivity contribution >= 4 is 15.7 Å². The van der Waals surface area contributed by atoms with Crippen molar-refractivity contribution < 1.29 is 17.5 Å². The molecule has 0 fully saturated rings. The normalized spacial score (nSPS) is 10.7. The molecule has 8 heteroatoms. The SMILES string of the molecule is N#CCOc1cccc(NS(=O)(=O)c2cncc(F)c2)c1. The van der Waals surface area contributed by atoms with Crippen LogP contribution >= 0.6 is 0 Å². The number of benzene rings is 1. The van der Waals surface area contributed by atoms with Crippen molar-refractivity contribution in [1.82, 2.24) is 4.98 Å². The monoisotopic (exact) mass is 307 g/mol. The van der Waals surface area contributed by atoms with E-state index in [2.05, 4.69) is 9.71 Å². The molecule has 21 heavy (non-hydrogen) atoms. The van der Waals surface area contributed by atoms with E-state index in [9.17, 15) is 12.8 Å². The lowest BCUT2D eigenvalue weighted by Gasteiger charge is -2.09. The Balaban J connectivity index is 2.23. The number of ether oxygens (including phenoxy) is 1. The molecule has 0 saturated heterocycles. The Kier molecular flexibility index (Phi) is 4.35. The first kappa shape index (κ1) is 14.7. The van der Waals surface area contributed by atoms with Gasteiger partial charge >= 0.3 is 0 Å². The van der Waals surface area contributed by atoms with E-state index >= 15 is 0 Å². The zero-order valence-electron chi connectivity index (χ0n) is 10.7. The molecule has 0 radical (unpaired) electrons. The summed E-state index contributed by atoms with van der Waals surface area (Å²) in [5, 5.41) is 8.43. The van der Waals surface area contributed by atoms with E-state index in [0.29, 0.717) is 5.75 Å². The Labute approximate surface area is 120 Å². The number of hydrogen-bond acceptors (Lipinski definition) is 5. The van der Waals surface area contributed by atoms with Gasteiger partial charge in [0.1, 0.15) is 22.5 Å². The van der Waals surface area contributed by atoms with Crippen LogP contribution in [0.5, 0.6) is 5.75 Å². The van der Waals surface area contributed by atoms with Crippen LogP contribution in [0.25, 0.3) is 0 Å². The van der Waals surface area contributed by atoms with Crippen LogP contribution in [-0.2, 0) is 10.0 Å². The molecule has 0 aliphatic carbocycles. The fourth-order valence-electron chi connectivity index (χ4n) is 1.52. The highest BCUT2D eigenvalue weighted by Gasteiger charge is 2.15. The van der Waals surface area contributed by atoms with E-state index in [1.165, 1.54) is 12.1 Å². The summed E-state index contributed by atoms with van der Waals surface area (Å²) in [6, 6.07) is 8.74. The van der Waals surface area contributed by atoms with Crippen molar-refractivity contribution in [1.29, 1.82) is 5.26 Å². The van der Waals surface area contributed by atoms with Gasteiger partial charge in [-0.25, -0.2) is 12.8 Å². The topological polar surface area (TPSA) is 92.1 Å². The number of rotatable bonds is 5. The van der Waals surface area contributed by atoms with Gasteiger partial charge in [-0.3, -0.25) is 9.71 Å². The van der Waals surface area contributed by atoms with Crippen molar-refractivity contribution in [3.63, 3.8) is 0 Å². The first-order chi connectivity index (χ1) is 10.0. The van der Waals surface area contributed by atoms with Crippen molar-refractivity contribution in [3.05, 3.63) is 48.5 Å². The first-order valence-electron chi connectivity index (χ1n) is 5.74. The summed E-state index contributed by atoms with van der Waals surface area (Å²) < 4.78 is 44.5. The number of nitriles is 1. The third-order valence-corrected chi connectivity index (χ3v) is 3.73. The standard InChI is InChI=1S/C13H10FN3O3S/c14-10-6-13(9-16-8-10)21(18,19)17-11-2-1-3-12(7-11)20-5-4-15/h1-3,6-9,17H,5H2. The van der Waals surface area contributed by atoms with Crippen LogP contribution in [0.1, 0.15) is 0 Å². The molecule has 6 nitrogen and oxygen atoms in total. The van der Waals surface area contributed by atoms with E-state index in [-0.39, 0.29) is 17.2 Å². The van der Waals surface area contributed by atoms with E-state index in [1.807, 2.05) is 0 Å². The molecule has 0 saturated carbocycles. The van der Waals surface area contributed by atoms with Crippen LogP contribution < -0.4 is 9.46 Å². The number of sulfonamides is 1. The number of hydrogen-bond donors (Lipinski definition) is 1. The van der Waals surface area contributed by atoms with E-state index < -0.39 is 15.8 Å². The summed E-state index contributed by atoms with van der Waals surface area (Å²) in [6.07, 6.45) is 1.96. The maximum absolute atomic E-state index is 13.0. The fraction of sp³-hybridized carbons (Fsp3) is 0.0769. The molecule has 0 spiro atoms. The van der Waals surface area contributed by atoms with Gasteiger partial charge in [-0.05, 0) is 18.2 Å². The molecule has 2 rings (SSSR count). The summed E-state index contributed by atoms with van der Waals surface area (Å²) in [5.74, 6) is -0.405. The molecule has 0 aliphatic rings. The molecular weight excluding hydrogens is 297 g/mol. The first-order valence-corrected chi connectivity index (χ1v) is 7.23. The van der Waals surface area contributed by atoms with Crippen molar-refractivity contribution in [2.75, 3.05) is 11.3 Å². The number of aromatic nitrogens is 1. The second-order valence-electron chi connectivity index (χ2n) is 3.92. The van der Waals surface area contributed by atoms with Crippen LogP contribution in [0.3, 0.4) is 0 Å². The van der Waals surface area contributed by atoms with Gasteiger partial charge in [-0.15, -0.1) is 0 Å². The third kappa shape index (κ3) is 3.90. The lowest BCUT2D eigenvalue weighted by atomic mass is 10.3. The fourth-order valence-corrected chi connectivity index (χ4v) is 2.54. The van der Waals surface area contributed by atoms with Crippen LogP contribution in [0.15, 0.2) is 47.6 Å². The van der Waals surface area contributed by atoms with Crippen molar-refractivity contribution in [3.8, 4) is 11.8 Å². The number of pyridine rings is 1. The van der Waals surface area contributed by atoms with Gasteiger partial charge in [-0.1, -0.05) is 6.07 Å². The largest absolute Gasteiger partial charge is 0.479 e. The Morgan fingerprint density at radius 3 is 2.86 bits per heavy atom. The maximum atomic E-state index is 13.0. The molecular formula is C13H10FN3O3S. The summed E-state index contributed by atoms with van der Waals surface area (Å²) in [6.45, 7) is -0.149. The molecule has 2 aromatic rings. The highest BCUT2D eigenvalue weighted by molar-refractivity contribution is 7.92. The van der Waals surface area contributed by atoms with E-state index in [1.54, 1.807) is 18.2 Å². The van der Waals surface area contributed by atoms with Crippen LogP contribution in [0.2, 0.25) is 0 Å². The molecule has 1 N–H and O–H groups in total. The van der Waals surface area contributed by atoms with Gasteiger partial charge in [0, 0.05) is 12.3 Å². The van der Waals surface area contributed by atoms with Crippen molar-refractivity contribution in [2.24, 2.45) is 0 Å². The average Bonchev–Trinajstić information content (AvgIpc) is 2.45. The summed E-state index contributed by atoms with van der Waals surface area (Å²) in [4.78, 5) is 3.21. The minimum atomic E-state index is -3.95. The lowest BCUT2D eigenvalue weighted by Crippen LogP contribution is -2.13. The molecule has 0 bridgehead atoms. The molecule has 1 aromatic carbocycles. The maximum Gasteiger partial charge on any atom is 0.263 e. The van der Waals surface area contributed by atoms with Crippen LogP contribution in [0, 0.1) is 17.1 Å². The number of halogens is 1. The van der Waals surface area contributed by atoms with Gasteiger partial charge in [0.15, 0.2) is 6.61 Å². The van der Waals surface area contributed by atoms with E-state index in [4.69, 9.17) is 10.00 Å². The highest BCUT2D eigenvalue weighted by atomic mass is 32.2. The Bertz CT molecular complexity index is 787. The van der Waals surface area contributed by atoms with Gasteiger partial charge < -0.3 is 4.74 Å². The Morgan fingerprint density at radius 2 is 2.14 bits per heavy atom. The zero-order valence-corrected chi connectivity index (χ0v) is 11.5. The molecule has 0 atom stereocenters. The molecule has 108 valence electrons. The summed E-state index contributed by atoms with van der Waals surface area (Å²) in [5.41, 5.74) is 0.231. The highest BCUT2D eigenvalue weighted by Crippen LogP contribution is 2.20. The second kappa shape index (κ2) is 6.19. The minimum absolute atomic E-state index is 0.149. The Hall–Kier alpha value is -2.66. The second-order valence-corrected chi connectivity index (χ2v) is 5.60. The number of nitrogens with zero attached hydrogens (tertiary/aromatic N) is 2. The smallest absolute Gasteiger partial charge is 0.263 e. The molecule has 1 aromatic heterocycles. The van der Waals surface area contributed by atoms with Gasteiger partial charge in [0.05, 0.1) is 11.9 Å². The summed E-state index contributed by atoms with van der Waals surface area (Å²) >= 11 is 0. The minimum Gasteiger partial charge on any atom is -0.479 e. The quantitative estimate of drug-likeness (QED) is 0.911. The number of anilines is 1. The van der Waals surface area contributed by atoms with Gasteiger partial charge in [0.2, 0.25) is 0 Å². The van der Waals surface area contributed by atoms with Crippen LogP contribution in [0.4, 0.5) is 10.1 Å². The predicted molar refractivity (Wildman–Crippen MR) is 72.6 cm³/mol. The number of nitrogens with one attached hydrogen (secondary N) is 1. The van der Waals surface area contributed by atoms with Gasteiger partial charge in [0.25, 0.3) is 10.0 Å². The van der Waals surface area contributed by atoms with Gasteiger partial charge in [-0.2, -0.15) is 5.26 Å². The Morgan fingerprint density at radius 1 is 1.33 bits per heavy atom. The van der Waals surface area contributed by atoms with Crippen LogP contribution in [-0.4, -0.2) is 20.0 Å². The molecule has 0 unspecified atom stereocenters. The predicted octanol–water partition coefficient (Wildman–Crippen LogP) is 1.92.